The zero-order valence-corrected chi connectivity index (χ0v) is 9.87. The third kappa shape index (κ3) is 10.9. The molecule has 0 radical (unpaired) electrons. The summed E-state index contributed by atoms with van der Waals surface area (Å²) >= 11 is 0. The summed E-state index contributed by atoms with van der Waals surface area (Å²) in [5.41, 5.74) is 0. The second kappa shape index (κ2) is 9.48. The van der Waals surface area contributed by atoms with Crippen LogP contribution in [0.4, 0.5) is 0 Å². The monoisotopic (exact) mass is 237 g/mol. The highest BCUT2D eigenvalue weighted by Crippen LogP contribution is 1.85. The molecule has 0 aromatic heterocycles. The van der Waals surface area contributed by atoms with E-state index in [0.717, 1.165) is 12.2 Å². The zero-order chi connectivity index (χ0) is 11.0. The van der Waals surface area contributed by atoms with Gasteiger partial charge in [0.05, 0.1) is 7.11 Å². The number of methoxy groups -OCH3 is 1. The van der Waals surface area contributed by atoms with Gasteiger partial charge < -0.3 is 14.4 Å². The van der Waals surface area contributed by atoms with Gasteiger partial charge in [-0.1, -0.05) is 0 Å². The van der Waals surface area contributed by atoms with E-state index in [1.807, 2.05) is 19.0 Å². The minimum Gasteiger partial charge on any atom is -0.466 e. The Kier molecular flexibility index (Phi) is 10.3. The van der Waals surface area contributed by atoms with E-state index < -0.39 is 11.9 Å². The summed E-state index contributed by atoms with van der Waals surface area (Å²) in [6, 6.07) is 0. The quantitative estimate of drug-likeness (QED) is 0.507. The smallest absolute Gasteiger partial charge is 0.331 e. The standard InChI is InChI=1S/C9H15NO4.ClH/c1-10(2)6-7-14-9(12)5-4-8(11)13-3;/h4-5H,6-7H2,1-3H3;1H. The summed E-state index contributed by atoms with van der Waals surface area (Å²) < 4.78 is 9.07. The number of halogens is 1. The van der Waals surface area contributed by atoms with Crippen LogP contribution in [-0.2, 0) is 19.1 Å². The van der Waals surface area contributed by atoms with Crippen LogP contribution in [-0.4, -0.2) is 51.2 Å². The van der Waals surface area contributed by atoms with E-state index in [-0.39, 0.29) is 12.4 Å². The van der Waals surface area contributed by atoms with Crippen LogP contribution in [0, 0.1) is 0 Å². The van der Waals surface area contributed by atoms with Crippen molar-refractivity contribution in [2.45, 2.75) is 0 Å². The number of hydrogen-bond acceptors (Lipinski definition) is 5. The first kappa shape index (κ1) is 16.4. The van der Waals surface area contributed by atoms with Gasteiger partial charge in [-0.05, 0) is 14.1 Å². The van der Waals surface area contributed by atoms with Gasteiger partial charge in [0.2, 0.25) is 0 Å². The number of rotatable bonds is 5. The first-order chi connectivity index (χ1) is 6.56. The van der Waals surface area contributed by atoms with E-state index in [9.17, 15) is 9.59 Å². The topological polar surface area (TPSA) is 55.8 Å². The van der Waals surface area contributed by atoms with Crippen LogP contribution in [0.3, 0.4) is 0 Å². The predicted molar refractivity (Wildman–Crippen MR) is 57.9 cm³/mol. The van der Waals surface area contributed by atoms with Crippen LogP contribution in [0.15, 0.2) is 12.2 Å². The molecule has 0 heterocycles. The van der Waals surface area contributed by atoms with Gasteiger partial charge in [-0.2, -0.15) is 0 Å². The zero-order valence-electron chi connectivity index (χ0n) is 9.06. The van der Waals surface area contributed by atoms with Crippen molar-refractivity contribution in [2.75, 3.05) is 34.4 Å². The van der Waals surface area contributed by atoms with E-state index in [4.69, 9.17) is 4.74 Å². The Morgan fingerprint density at radius 1 is 1.20 bits per heavy atom. The van der Waals surface area contributed by atoms with Gasteiger partial charge >= 0.3 is 11.9 Å². The molecule has 0 amide bonds. The average molecular weight is 238 g/mol. The summed E-state index contributed by atoms with van der Waals surface area (Å²) in [6.07, 6.45) is 2.07. The van der Waals surface area contributed by atoms with Crippen molar-refractivity contribution in [1.29, 1.82) is 0 Å². The Morgan fingerprint density at radius 3 is 2.20 bits per heavy atom. The molecule has 6 heteroatoms. The highest BCUT2D eigenvalue weighted by atomic mass is 35.5. The number of ether oxygens (including phenoxy) is 2. The summed E-state index contributed by atoms with van der Waals surface area (Å²) in [7, 11) is 4.99. The number of hydrogen-bond donors (Lipinski definition) is 0. The lowest BCUT2D eigenvalue weighted by molar-refractivity contribution is -0.139. The fraction of sp³-hybridized carbons (Fsp3) is 0.556. The molecule has 0 saturated heterocycles. The van der Waals surface area contributed by atoms with Crippen molar-refractivity contribution in [3.8, 4) is 0 Å². The van der Waals surface area contributed by atoms with Gasteiger partial charge in [0, 0.05) is 18.7 Å². The molecule has 0 aliphatic heterocycles. The van der Waals surface area contributed by atoms with Gasteiger partial charge in [-0.3, -0.25) is 0 Å². The lowest BCUT2D eigenvalue weighted by Crippen LogP contribution is -2.19. The molecular weight excluding hydrogens is 222 g/mol. The Labute approximate surface area is 95.4 Å². The summed E-state index contributed by atoms with van der Waals surface area (Å²) in [5.74, 6) is -1.12. The molecule has 0 fully saturated rings. The number of nitrogens with zero attached hydrogens (tertiary/aromatic N) is 1. The lowest BCUT2D eigenvalue weighted by atomic mass is 10.5. The second-order valence-electron chi connectivity index (χ2n) is 2.83. The molecule has 0 aliphatic rings. The van der Waals surface area contributed by atoms with E-state index in [1.54, 1.807) is 0 Å². The van der Waals surface area contributed by atoms with Gasteiger partial charge in [-0.15, -0.1) is 12.4 Å². The van der Waals surface area contributed by atoms with Crippen molar-refractivity contribution < 1.29 is 19.1 Å². The second-order valence-corrected chi connectivity index (χ2v) is 2.83. The third-order valence-corrected chi connectivity index (χ3v) is 1.34. The van der Waals surface area contributed by atoms with Crippen molar-refractivity contribution >= 4 is 24.3 Å². The highest BCUT2D eigenvalue weighted by molar-refractivity contribution is 5.91. The number of esters is 2. The average Bonchev–Trinajstić information content (AvgIpc) is 2.13. The van der Waals surface area contributed by atoms with Crippen LogP contribution >= 0.6 is 12.4 Å². The van der Waals surface area contributed by atoms with Crippen molar-refractivity contribution in [3.63, 3.8) is 0 Å². The lowest BCUT2D eigenvalue weighted by Gasteiger charge is -2.08. The Hall–Kier alpha value is -1.07. The molecule has 5 nitrogen and oxygen atoms in total. The summed E-state index contributed by atoms with van der Waals surface area (Å²) in [4.78, 5) is 23.4. The number of carbonyl (C=O) groups is 2. The van der Waals surface area contributed by atoms with Crippen molar-refractivity contribution in [1.82, 2.24) is 4.90 Å². The molecule has 0 saturated carbocycles. The van der Waals surface area contributed by atoms with Crippen LogP contribution in [0.2, 0.25) is 0 Å². The van der Waals surface area contributed by atoms with E-state index in [1.165, 1.54) is 7.11 Å². The minimum atomic E-state index is -0.574. The molecule has 88 valence electrons. The predicted octanol–water partition coefficient (Wildman–Crippen LogP) is 0.242. The molecular formula is C9H16ClNO4. The normalized spacial score (nSPS) is 9.87. The first-order valence-electron chi connectivity index (χ1n) is 4.13. The molecule has 0 bridgehead atoms. The SMILES string of the molecule is COC(=O)C=CC(=O)OCCN(C)C.Cl. The number of likely N-dealkylation sites (N-methyl/N-ethyl adjacent to an activating group) is 1. The molecule has 0 aliphatic carbocycles. The molecule has 0 rings (SSSR count). The Morgan fingerprint density at radius 2 is 1.73 bits per heavy atom. The van der Waals surface area contributed by atoms with E-state index in [0.29, 0.717) is 13.2 Å². The molecule has 15 heavy (non-hydrogen) atoms. The maximum absolute atomic E-state index is 10.9. The van der Waals surface area contributed by atoms with E-state index in [2.05, 4.69) is 4.74 Å². The molecule has 0 aromatic rings. The molecule has 0 spiro atoms. The van der Waals surface area contributed by atoms with E-state index >= 15 is 0 Å². The van der Waals surface area contributed by atoms with Crippen LogP contribution < -0.4 is 0 Å². The Balaban J connectivity index is 0. The van der Waals surface area contributed by atoms with Gasteiger partial charge in [0.1, 0.15) is 6.61 Å². The van der Waals surface area contributed by atoms with Crippen LogP contribution in [0.5, 0.6) is 0 Å². The Bertz CT molecular complexity index is 228. The van der Waals surface area contributed by atoms with Crippen LogP contribution in [0.1, 0.15) is 0 Å². The third-order valence-electron chi connectivity index (χ3n) is 1.34. The summed E-state index contributed by atoms with van der Waals surface area (Å²) in [5, 5.41) is 0. The molecule has 0 aromatic carbocycles. The van der Waals surface area contributed by atoms with Gasteiger partial charge in [0.25, 0.3) is 0 Å². The number of carbonyl (C=O) groups excluding carboxylic acids is 2. The maximum Gasteiger partial charge on any atom is 0.331 e. The van der Waals surface area contributed by atoms with Crippen LogP contribution in [0.25, 0.3) is 0 Å². The largest absolute Gasteiger partial charge is 0.466 e. The first-order valence-corrected chi connectivity index (χ1v) is 4.13. The molecule has 0 atom stereocenters. The maximum atomic E-state index is 10.9. The van der Waals surface area contributed by atoms with Crippen molar-refractivity contribution in [2.24, 2.45) is 0 Å². The molecule has 0 N–H and O–H groups in total. The highest BCUT2D eigenvalue weighted by Gasteiger charge is 1.99. The fourth-order valence-electron chi connectivity index (χ4n) is 0.581. The molecule has 0 unspecified atom stereocenters. The fourth-order valence-corrected chi connectivity index (χ4v) is 0.581. The summed E-state index contributed by atoms with van der Waals surface area (Å²) in [6.45, 7) is 0.954. The van der Waals surface area contributed by atoms with Gasteiger partial charge in [0.15, 0.2) is 0 Å². The van der Waals surface area contributed by atoms with Gasteiger partial charge in [-0.25, -0.2) is 9.59 Å². The van der Waals surface area contributed by atoms with Crippen molar-refractivity contribution in [3.05, 3.63) is 12.2 Å². The minimum absolute atomic E-state index is 0.